The van der Waals surface area contributed by atoms with E-state index in [1.54, 1.807) is 6.08 Å². The minimum atomic E-state index is -1.22. The Bertz CT molecular complexity index is 2520. The number of aliphatic hydroxyl groups excluding tert-OH is 1. The van der Waals surface area contributed by atoms with E-state index in [-0.39, 0.29) is 59.7 Å². The number of carbonyl (C=O) groups is 3. The number of carbonyl (C=O) groups excluding carboxylic acids is 3. The van der Waals surface area contributed by atoms with E-state index in [0.29, 0.717) is 73.8 Å². The van der Waals surface area contributed by atoms with Gasteiger partial charge in [-0.3, -0.25) is 14.4 Å². The van der Waals surface area contributed by atoms with Crippen LogP contribution >= 0.6 is 0 Å². The average molecular weight is 881 g/mol. The number of aromatic nitrogens is 3. The Morgan fingerprint density at radius 3 is 2.25 bits per heavy atom. The molecular weight excluding hydrogens is 813 g/mol. The number of nitrogens with zero attached hydrogens (tertiary/aromatic N) is 4. The second-order valence-corrected chi connectivity index (χ2v) is 18.3. The van der Waals surface area contributed by atoms with Crippen molar-refractivity contribution in [3.63, 3.8) is 0 Å². The fourth-order valence-electron chi connectivity index (χ4n) is 9.97. The summed E-state index contributed by atoms with van der Waals surface area (Å²) in [5, 5.41) is 17.8. The maximum absolute atomic E-state index is 14.4. The van der Waals surface area contributed by atoms with E-state index in [0.717, 1.165) is 47.4 Å². The van der Waals surface area contributed by atoms with Crippen molar-refractivity contribution < 1.29 is 29.0 Å². The first kappa shape index (κ1) is 50.5. The van der Waals surface area contributed by atoms with Crippen molar-refractivity contribution in [3.8, 4) is 0 Å². The van der Waals surface area contributed by atoms with E-state index in [1.165, 1.54) is 57.6 Å². The summed E-state index contributed by atoms with van der Waals surface area (Å²) in [5.41, 5.74) is 7.98. The van der Waals surface area contributed by atoms with Crippen LogP contribution in [0.25, 0.3) is 41.5 Å². The number of hydrogen-bond donors (Lipinski definition) is 1. The van der Waals surface area contributed by atoms with Gasteiger partial charge in [-0.2, -0.15) is 5.70 Å². The first-order valence-corrected chi connectivity index (χ1v) is 23.3. The van der Waals surface area contributed by atoms with Gasteiger partial charge in [0.2, 0.25) is 0 Å². The summed E-state index contributed by atoms with van der Waals surface area (Å²) in [6.45, 7) is 21.3. The van der Waals surface area contributed by atoms with Crippen LogP contribution in [-0.2, 0) is 25.5 Å². The molecule has 1 fully saturated rings. The van der Waals surface area contributed by atoms with Crippen molar-refractivity contribution in [1.29, 1.82) is 0 Å². The van der Waals surface area contributed by atoms with E-state index >= 15 is 0 Å². The molecule has 64 heavy (non-hydrogen) atoms. The van der Waals surface area contributed by atoms with Crippen molar-refractivity contribution in [2.24, 2.45) is 29.6 Å². The van der Waals surface area contributed by atoms with Gasteiger partial charge in [0.1, 0.15) is 12.5 Å². The molecule has 0 aromatic carbocycles. The monoisotopic (exact) mass is 881 g/mol. The molecule has 1 unspecified atom stereocenters. The predicted octanol–water partition coefficient (Wildman–Crippen LogP) is 7.52. The fraction of sp³-hybridized carbons (Fsp3) is 0.528. The Labute approximate surface area is 396 Å². The topological polar surface area (TPSA) is 146 Å². The Kier molecular flexibility index (Phi) is 17.9. The van der Waals surface area contributed by atoms with Crippen molar-refractivity contribution in [2.75, 3.05) is 13.7 Å². The number of methoxy groups -OCH3 is 1. The molecule has 8 bridgehead atoms. The van der Waals surface area contributed by atoms with E-state index < -0.39 is 17.9 Å². The number of fused-ring (bicyclic) bond motifs is 8. The Hall–Kier alpha value is -4.48. The maximum Gasteiger partial charge on any atom is 2.00 e. The van der Waals surface area contributed by atoms with Crippen LogP contribution in [0.5, 0.6) is 0 Å². The second kappa shape index (κ2) is 22.6. The third-order valence-corrected chi connectivity index (χ3v) is 13.9. The molecule has 0 saturated carbocycles. The van der Waals surface area contributed by atoms with Gasteiger partial charge in [-0.15, -0.1) is 33.1 Å². The van der Waals surface area contributed by atoms with Gasteiger partial charge in [0.05, 0.1) is 13.4 Å². The van der Waals surface area contributed by atoms with Gasteiger partial charge in [0, 0.05) is 12.0 Å². The van der Waals surface area contributed by atoms with Crippen LogP contribution in [0.2, 0.25) is 0 Å². The van der Waals surface area contributed by atoms with Crippen LogP contribution in [0.3, 0.4) is 0 Å². The molecule has 340 valence electrons. The SMILES string of the molecule is C=Cc1c2[n-]c(c1C)/C=C1\[N-]C(C3=c4[n-]/c(c(C)c4C(=O)[C@@H]3C(=O)OC)=C\c3[n-]c(/c(=C\O)c3CC)=C\2)[C@@H](CCC(=O)OC/C=C(\C)CCC[C@H](C)CCC[C@H](C)CCCC)[C@@H]1C.[Mg+2]. The van der Waals surface area contributed by atoms with Gasteiger partial charge in [-0.1, -0.05) is 144 Å². The summed E-state index contributed by atoms with van der Waals surface area (Å²) < 4.78 is 11.0. The van der Waals surface area contributed by atoms with Crippen molar-refractivity contribution in [2.45, 2.75) is 138 Å². The van der Waals surface area contributed by atoms with Gasteiger partial charge in [-0.25, -0.2) is 0 Å². The molecule has 0 amide bonds. The molecule has 1 aliphatic carbocycles. The van der Waals surface area contributed by atoms with Gasteiger partial charge >= 0.3 is 35.0 Å². The van der Waals surface area contributed by atoms with Crippen molar-refractivity contribution >= 4 is 76.9 Å². The number of unbranched alkanes of at least 4 members (excludes halogenated alkanes) is 1. The van der Waals surface area contributed by atoms with Gasteiger partial charge in [0.25, 0.3) is 0 Å². The molecule has 5 heterocycles. The third-order valence-electron chi connectivity index (χ3n) is 13.9. The molecule has 0 radical (unpaired) electrons. The number of aliphatic hydroxyl groups is 1. The summed E-state index contributed by atoms with van der Waals surface area (Å²) in [6.07, 6.45) is 22.8. The van der Waals surface area contributed by atoms with Crippen LogP contribution in [0.1, 0.15) is 162 Å². The number of ether oxygens (including phenoxy) is 2. The van der Waals surface area contributed by atoms with Crippen LogP contribution < -0.4 is 36.2 Å². The van der Waals surface area contributed by atoms with Crippen LogP contribution in [0, 0.1) is 43.4 Å². The zero-order valence-corrected chi connectivity index (χ0v) is 41.2. The molecule has 6 atom stereocenters. The molecule has 0 spiro atoms. The number of hydrogen-bond acceptors (Lipinski definition) is 6. The van der Waals surface area contributed by atoms with Crippen LogP contribution in [-0.4, -0.2) is 65.6 Å². The maximum atomic E-state index is 14.4. The van der Waals surface area contributed by atoms with E-state index in [9.17, 15) is 19.5 Å². The molecule has 1 N–H and O–H groups in total. The Balaban J connectivity index is 0.00000771. The quantitative estimate of drug-likeness (QED) is 0.0559. The smallest absolute Gasteiger partial charge is 0.681 e. The van der Waals surface area contributed by atoms with E-state index in [2.05, 4.69) is 41.2 Å². The summed E-state index contributed by atoms with van der Waals surface area (Å²) in [6, 6.07) is -0.650. The average Bonchev–Trinajstić information content (AvgIpc) is 4.01. The van der Waals surface area contributed by atoms with Gasteiger partial charge in [0.15, 0.2) is 5.78 Å². The first-order valence-electron chi connectivity index (χ1n) is 23.3. The van der Waals surface area contributed by atoms with Crippen LogP contribution in [0.4, 0.5) is 0 Å². The van der Waals surface area contributed by atoms with E-state index in [1.807, 2.05) is 45.1 Å². The molecule has 1 saturated heterocycles. The number of rotatable bonds is 19. The standard InChI is InChI=1S/C53H68N4O6.Mg/c1-11-14-17-30(4)18-15-19-31(5)20-16-21-32(6)24-25-63-46(59)23-22-38-34(8)41-26-40-33(7)36(12-2)43(54-40)28-45-39(29-58)37(13-3)44(55-45)27-42-35(9)47-51(57-42)48(50(38)56-41)49(52(47)60)53(61)62-10;/h12,24,26-31,34,38,49-50H,2,11,13-23,25H2,1,3-10H3,(H,58,60);/q-4;+2/b32-24+,41-26-,45-28-;/t30-,31-,34+,38+,49-,50?;/m1./s1. The predicted molar refractivity (Wildman–Crippen MR) is 257 cm³/mol. The third kappa shape index (κ3) is 10.8. The number of Topliss-reactive ketones (excluding diaryl/α,β-unsaturated/α-hetero) is 1. The summed E-state index contributed by atoms with van der Waals surface area (Å²) in [4.78, 5) is 56.4. The molecule has 3 aliphatic rings. The molecular formula is C53H68MgN4O6-2. The Morgan fingerprint density at radius 2 is 1.59 bits per heavy atom. The van der Waals surface area contributed by atoms with Crippen LogP contribution in [0.15, 0.2) is 23.9 Å². The minimum Gasteiger partial charge on any atom is -0.681 e. The largest absolute Gasteiger partial charge is 2.00 e. The summed E-state index contributed by atoms with van der Waals surface area (Å²) in [5.74, 6) is -1.49. The van der Waals surface area contributed by atoms with Crippen molar-refractivity contribution in [1.82, 2.24) is 15.0 Å². The zero-order valence-electron chi connectivity index (χ0n) is 39.8. The number of esters is 2. The summed E-state index contributed by atoms with van der Waals surface area (Å²) >= 11 is 0. The second-order valence-electron chi connectivity index (χ2n) is 18.3. The molecule has 11 heteroatoms. The first-order chi connectivity index (χ1) is 30.3. The normalized spacial score (nSPS) is 22.0. The Morgan fingerprint density at radius 1 is 0.906 bits per heavy atom. The van der Waals surface area contributed by atoms with E-state index in [4.69, 9.17) is 29.7 Å². The van der Waals surface area contributed by atoms with Crippen molar-refractivity contribution in [3.05, 3.63) is 95.4 Å². The number of ketones is 1. The van der Waals surface area contributed by atoms with Gasteiger partial charge < -0.3 is 34.8 Å². The minimum absolute atomic E-state index is 0. The molecule has 3 aromatic rings. The molecule has 6 rings (SSSR count). The summed E-state index contributed by atoms with van der Waals surface area (Å²) in [7, 11) is 1.28. The molecule has 2 aliphatic heterocycles. The fourth-order valence-corrected chi connectivity index (χ4v) is 9.97. The zero-order chi connectivity index (χ0) is 45.5. The molecule has 3 aromatic heterocycles. The molecule has 10 nitrogen and oxygen atoms in total. The van der Waals surface area contributed by atoms with Gasteiger partial charge in [-0.05, 0) is 87.0 Å². The number of allylic oxidation sites excluding steroid dienone is 2.